The maximum atomic E-state index is 9.03. The number of benzene rings is 1. The number of nitrogens with zero attached hydrogens (tertiary/aromatic N) is 1. The highest BCUT2D eigenvalue weighted by molar-refractivity contribution is 5.27. The Morgan fingerprint density at radius 2 is 2.11 bits per heavy atom. The lowest BCUT2D eigenvalue weighted by Crippen LogP contribution is -2.48. The number of rotatable bonds is 6. The first kappa shape index (κ1) is 12.9. The maximum Gasteiger partial charge on any atom is 0.118 e. The minimum Gasteiger partial charge on any atom is -0.497 e. The summed E-state index contributed by atoms with van der Waals surface area (Å²) in [7, 11) is 1.67. The molecular formula is C14H18N2O2. The molecule has 0 aromatic heterocycles. The Labute approximate surface area is 108 Å². The van der Waals surface area contributed by atoms with Crippen molar-refractivity contribution in [1.82, 2.24) is 5.32 Å². The Kier molecular flexibility index (Phi) is 4.19. The molecule has 1 aliphatic rings. The first-order valence-electron chi connectivity index (χ1n) is 6.11. The number of ether oxygens (including phenoxy) is 2. The summed E-state index contributed by atoms with van der Waals surface area (Å²) in [6.07, 6.45) is 0.951. The van der Waals surface area contributed by atoms with Crippen molar-refractivity contribution in [2.24, 2.45) is 5.41 Å². The predicted octanol–water partition coefficient (Wildman–Crippen LogP) is 1.37. The van der Waals surface area contributed by atoms with E-state index in [2.05, 4.69) is 23.5 Å². The lowest BCUT2D eigenvalue weighted by Gasteiger charge is -2.35. The van der Waals surface area contributed by atoms with E-state index in [-0.39, 0.29) is 5.41 Å². The Balaban J connectivity index is 1.70. The molecule has 1 aromatic rings. The van der Waals surface area contributed by atoms with Crippen LogP contribution in [-0.4, -0.2) is 33.4 Å². The van der Waals surface area contributed by atoms with Crippen LogP contribution >= 0.6 is 0 Å². The normalized spacial score (nSPS) is 16.7. The van der Waals surface area contributed by atoms with Crippen LogP contribution in [0.5, 0.6) is 5.75 Å². The highest BCUT2D eigenvalue weighted by atomic mass is 16.5. The van der Waals surface area contributed by atoms with Crippen molar-refractivity contribution in [1.29, 1.82) is 5.26 Å². The van der Waals surface area contributed by atoms with Crippen LogP contribution in [-0.2, 0) is 11.2 Å². The molecular weight excluding hydrogens is 228 g/mol. The zero-order chi connectivity index (χ0) is 12.8. The number of hydrogen-bond donors (Lipinski definition) is 1. The molecule has 1 aliphatic heterocycles. The summed E-state index contributed by atoms with van der Waals surface area (Å²) in [4.78, 5) is 0. The zero-order valence-corrected chi connectivity index (χ0v) is 10.6. The lowest BCUT2D eigenvalue weighted by atomic mass is 9.88. The Morgan fingerprint density at radius 3 is 2.61 bits per heavy atom. The summed E-state index contributed by atoms with van der Waals surface area (Å²) in [5.74, 6) is 0.877. The molecule has 2 rings (SSSR count). The molecule has 0 radical (unpaired) electrons. The molecule has 1 aromatic carbocycles. The van der Waals surface area contributed by atoms with Gasteiger partial charge in [0, 0.05) is 6.54 Å². The van der Waals surface area contributed by atoms with E-state index in [0.29, 0.717) is 19.8 Å². The van der Waals surface area contributed by atoms with Crippen LogP contribution in [0.15, 0.2) is 24.3 Å². The van der Waals surface area contributed by atoms with Crippen molar-refractivity contribution in [2.45, 2.75) is 6.42 Å². The standard InChI is InChI=1S/C14H18N2O2/c1-17-13-4-2-12(3-5-13)6-7-16-9-14(8-15)10-18-11-14/h2-5,16H,6-7,9-11H2,1H3. The topological polar surface area (TPSA) is 54.3 Å². The van der Waals surface area contributed by atoms with Gasteiger partial charge in [-0.25, -0.2) is 0 Å². The molecule has 4 nitrogen and oxygen atoms in total. The first-order chi connectivity index (χ1) is 8.78. The fourth-order valence-corrected chi connectivity index (χ4v) is 1.91. The third-order valence-electron chi connectivity index (χ3n) is 3.21. The molecule has 1 saturated heterocycles. The smallest absolute Gasteiger partial charge is 0.118 e. The van der Waals surface area contributed by atoms with Crippen molar-refractivity contribution in [3.63, 3.8) is 0 Å². The summed E-state index contributed by atoms with van der Waals surface area (Å²) in [5.41, 5.74) is 0.971. The van der Waals surface area contributed by atoms with Crippen molar-refractivity contribution in [2.75, 3.05) is 33.4 Å². The van der Waals surface area contributed by atoms with Crippen molar-refractivity contribution >= 4 is 0 Å². The maximum absolute atomic E-state index is 9.03. The molecule has 4 heteroatoms. The average molecular weight is 246 g/mol. The van der Waals surface area contributed by atoms with Crippen LogP contribution in [0.2, 0.25) is 0 Å². The Hall–Kier alpha value is -1.57. The van der Waals surface area contributed by atoms with Gasteiger partial charge >= 0.3 is 0 Å². The number of nitrogens with one attached hydrogen (secondary N) is 1. The molecule has 0 unspecified atom stereocenters. The summed E-state index contributed by atoms with van der Waals surface area (Å²) < 4.78 is 10.2. The van der Waals surface area contributed by atoms with Gasteiger partial charge in [-0.1, -0.05) is 12.1 Å². The van der Waals surface area contributed by atoms with Crippen molar-refractivity contribution in [3.8, 4) is 11.8 Å². The fraction of sp³-hybridized carbons (Fsp3) is 0.500. The second kappa shape index (κ2) is 5.85. The Morgan fingerprint density at radius 1 is 1.39 bits per heavy atom. The van der Waals surface area contributed by atoms with Crippen LogP contribution in [0, 0.1) is 16.7 Å². The van der Waals surface area contributed by atoms with E-state index in [9.17, 15) is 0 Å². The molecule has 18 heavy (non-hydrogen) atoms. The van der Waals surface area contributed by atoms with Crippen LogP contribution in [0.3, 0.4) is 0 Å². The van der Waals surface area contributed by atoms with Gasteiger partial charge in [0.1, 0.15) is 11.2 Å². The third kappa shape index (κ3) is 3.00. The van der Waals surface area contributed by atoms with Gasteiger partial charge in [-0.3, -0.25) is 0 Å². The minimum atomic E-state index is -0.292. The summed E-state index contributed by atoms with van der Waals surface area (Å²) in [6.45, 7) is 2.69. The number of methoxy groups -OCH3 is 1. The van der Waals surface area contributed by atoms with Gasteiger partial charge in [0.25, 0.3) is 0 Å². The van der Waals surface area contributed by atoms with Gasteiger partial charge in [-0.05, 0) is 30.7 Å². The molecule has 0 atom stereocenters. The second-order valence-electron chi connectivity index (χ2n) is 4.66. The molecule has 0 amide bonds. The average Bonchev–Trinajstić information content (AvgIpc) is 2.38. The van der Waals surface area contributed by atoms with Gasteiger partial charge in [0.05, 0.1) is 26.4 Å². The quantitative estimate of drug-likeness (QED) is 0.770. The SMILES string of the molecule is COc1ccc(CCNCC2(C#N)COC2)cc1. The van der Waals surface area contributed by atoms with Crippen LogP contribution in [0.4, 0.5) is 0 Å². The van der Waals surface area contributed by atoms with Gasteiger partial charge in [0.2, 0.25) is 0 Å². The van der Waals surface area contributed by atoms with Crippen LogP contribution in [0.25, 0.3) is 0 Å². The van der Waals surface area contributed by atoms with E-state index < -0.39 is 0 Å². The zero-order valence-electron chi connectivity index (χ0n) is 10.6. The summed E-state index contributed by atoms with van der Waals surface area (Å²) in [6, 6.07) is 10.4. The molecule has 1 N–H and O–H groups in total. The van der Waals surface area contributed by atoms with E-state index in [0.717, 1.165) is 18.7 Å². The lowest BCUT2D eigenvalue weighted by molar-refractivity contribution is -0.0752. The molecule has 0 bridgehead atoms. The molecule has 96 valence electrons. The van der Waals surface area contributed by atoms with Gasteiger partial charge in [-0.2, -0.15) is 5.26 Å². The van der Waals surface area contributed by atoms with Crippen LogP contribution < -0.4 is 10.1 Å². The van der Waals surface area contributed by atoms with E-state index in [1.807, 2.05) is 12.1 Å². The third-order valence-corrected chi connectivity index (χ3v) is 3.21. The largest absolute Gasteiger partial charge is 0.497 e. The highest BCUT2D eigenvalue weighted by Gasteiger charge is 2.38. The van der Waals surface area contributed by atoms with Crippen molar-refractivity contribution < 1.29 is 9.47 Å². The van der Waals surface area contributed by atoms with Gasteiger partial charge in [0.15, 0.2) is 0 Å². The summed E-state index contributed by atoms with van der Waals surface area (Å²) >= 11 is 0. The van der Waals surface area contributed by atoms with Gasteiger partial charge < -0.3 is 14.8 Å². The molecule has 1 heterocycles. The van der Waals surface area contributed by atoms with Crippen molar-refractivity contribution in [3.05, 3.63) is 29.8 Å². The van der Waals surface area contributed by atoms with E-state index in [4.69, 9.17) is 14.7 Å². The predicted molar refractivity (Wildman–Crippen MR) is 68.4 cm³/mol. The summed E-state index contributed by atoms with van der Waals surface area (Å²) in [5, 5.41) is 12.3. The number of hydrogen-bond acceptors (Lipinski definition) is 4. The minimum absolute atomic E-state index is 0.292. The monoisotopic (exact) mass is 246 g/mol. The highest BCUT2D eigenvalue weighted by Crippen LogP contribution is 2.25. The second-order valence-corrected chi connectivity index (χ2v) is 4.66. The Bertz CT molecular complexity index is 418. The fourth-order valence-electron chi connectivity index (χ4n) is 1.91. The molecule has 0 aliphatic carbocycles. The first-order valence-corrected chi connectivity index (χ1v) is 6.11. The van der Waals surface area contributed by atoms with Gasteiger partial charge in [-0.15, -0.1) is 0 Å². The molecule has 0 spiro atoms. The van der Waals surface area contributed by atoms with E-state index in [1.165, 1.54) is 5.56 Å². The van der Waals surface area contributed by atoms with Crippen LogP contribution in [0.1, 0.15) is 5.56 Å². The van der Waals surface area contributed by atoms with E-state index in [1.54, 1.807) is 7.11 Å². The van der Waals surface area contributed by atoms with E-state index >= 15 is 0 Å². The number of nitriles is 1. The molecule has 1 fully saturated rings. The molecule has 0 saturated carbocycles.